The third-order valence-corrected chi connectivity index (χ3v) is 4.24. The van der Waals surface area contributed by atoms with Crippen molar-refractivity contribution in [2.75, 3.05) is 23.3 Å². The van der Waals surface area contributed by atoms with E-state index >= 15 is 0 Å². The first-order valence-electron chi connectivity index (χ1n) is 7.89. The Morgan fingerprint density at radius 3 is 2.61 bits per heavy atom. The molecule has 0 saturated carbocycles. The zero-order valence-electron chi connectivity index (χ0n) is 13.1. The van der Waals surface area contributed by atoms with Crippen molar-refractivity contribution in [3.05, 3.63) is 54.1 Å². The van der Waals surface area contributed by atoms with E-state index in [1.165, 1.54) is 24.3 Å². The van der Waals surface area contributed by atoms with Gasteiger partial charge in [0.1, 0.15) is 5.82 Å². The summed E-state index contributed by atoms with van der Waals surface area (Å²) in [5.74, 6) is 0.187. The van der Waals surface area contributed by atoms with Gasteiger partial charge in [-0.2, -0.15) is 0 Å². The molecule has 1 amide bonds. The minimum absolute atomic E-state index is 0.240. The second-order valence-electron chi connectivity index (χ2n) is 6.06. The fourth-order valence-corrected chi connectivity index (χ4v) is 2.73. The van der Waals surface area contributed by atoms with E-state index in [0.717, 1.165) is 37.5 Å². The molecule has 1 aromatic carbocycles. The maximum atomic E-state index is 12.9. The van der Waals surface area contributed by atoms with Crippen LogP contribution in [0.3, 0.4) is 0 Å². The minimum Gasteiger partial charge on any atom is -0.370 e. The van der Waals surface area contributed by atoms with Gasteiger partial charge < -0.3 is 10.2 Å². The van der Waals surface area contributed by atoms with Gasteiger partial charge in [-0.25, -0.2) is 4.39 Å². The topological polar surface area (TPSA) is 45.2 Å². The van der Waals surface area contributed by atoms with Crippen molar-refractivity contribution in [2.45, 2.75) is 19.8 Å². The van der Waals surface area contributed by atoms with Crippen LogP contribution < -0.4 is 10.2 Å². The molecule has 0 bridgehead atoms. The van der Waals surface area contributed by atoms with E-state index in [1.54, 1.807) is 12.4 Å². The number of pyridine rings is 1. The molecule has 1 N–H and O–H groups in total. The zero-order valence-corrected chi connectivity index (χ0v) is 13.1. The van der Waals surface area contributed by atoms with Crippen molar-refractivity contribution in [3.63, 3.8) is 0 Å². The number of anilines is 2. The normalized spacial score (nSPS) is 15.5. The Bertz CT molecular complexity index is 679. The summed E-state index contributed by atoms with van der Waals surface area (Å²) in [6.45, 7) is 4.25. The Labute approximate surface area is 135 Å². The van der Waals surface area contributed by atoms with Gasteiger partial charge in [0.05, 0.1) is 17.4 Å². The van der Waals surface area contributed by atoms with E-state index in [2.05, 4.69) is 22.1 Å². The summed E-state index contributed by atoms with van der Waals surface area (Å²) >= 11 is 0. The van der Waals surface area contributed by atoms with Gasteiger partial charge in [-0.15, -0.1) is 0 Å². The average Bonchev–Trinajstić information content (AvgIpc) is 2.58. The van der Waals surface area contributed by atoms with E-state index in [1.807, 2.05) is 6.07 Å². The Morgan fingerprint density at radius 2 is 1.91 bits per heavy atom. The highest BCUT2D eigenvalue weighted by Crippen LogP contribution is 2.23. The number of amides is 1. The summed E-state index contributed by atoms with van der Waals surface area (Å²) in [4.78, 5) is 18.8. The molecule has 0 radical (unpaired) electrons. The average molecular weight is 313 g/mol. The highest BCUT2D eigenvalue weighted by molar-refractivity contribution is 6.04. The van der Waals surface area contributed by atoms with Gasteiger partial charge in [-0.1, -0.05) is 6.92 Å². The standard InChI is InChI=1S/C18H20FN3O/c1-13-6-8-22(9-7-13)17-10-14(11-20-12-17)18(23)21-16-4-2-15(19)3-5-16/h2-5,10-13H,6-9H2,1H3,(H,21,23). The van der Waals surface area contributed by atoms with Gasteiger partial charge in [-0.05, 0) is 49.1 Å². The monoisotopic (exact) mass is 313 g/mol. The van der Waals surface area contributed by atoms with Crippen molar-refractivity contribution >= 4 is 17.3 Å². The molecule has 0 atom stereocenters. The van der Waals surface area contributed by atoms with Crippen LogP contribution in [0, 0.1) is 11.7 Å². The van der Waals surface area contributed by atoms with Gasteiger partial charge >= 0.3 is 0 Å². The quantitative estimate of drug-likeness (QED) is 0.939. The van der Waals surface area contributed by atoms with Gasteiger partial charge in [0.25, 0.3) is 5.91 Å². The van der Waals surface area contributed by atoms with Crippen molar-refractivity contribution in [1.29, 1.82) is 0 Å². The number of carbonyl (C=O) groups is 1. The van der Waals surface area contributed by atoms with Crippen LogP contribution in [-0.4, -0.2) is 24.0 Å². The minimum atomic E-state index is -0.328. The number of carbonyl (C=O) groups excluding carboxylic acids is 1. The molecule has 1 aliphatic rings. The van der Waals surface area contributed by atoms with E-state index < -0.39 is 0 Å². The van der Waals surface area contributed by atoms with Crippen LogP contribution in [0.2, 0.25) is 0 Å². The summed E-state index contributed by atoms with van der Waals surface area (Å²) in [5.41, 5.74) is 2.04. The maximum absolute atomic E-state index is 12.9. The molecule has 23 heavy (non-hydrogen) atoms. The van der Waals surface area contributed by atoms with Crippen LogP contribution in [-0.2, 0) is 0 Å². The first-order chi connectivity index (χ1) is 11.1. The molecular weight excluding hydrogens is 293 g/mol. The van der Waals surface area contributed by atoms with Crippen LogP contribution in [0.25, 0.3) is 0 Å². The molecule has 0 spiro atoms. The zero-order chi connectivity index (χ0) is 16.2. The van der Waals surface area contributed by atoms with Crippen LogP contribution in [0.15, 0.2) is 42.7 Å². The number of aromatic nitrogens is 1. The summed E-state index contributed by atoms with van der Waals surface area (Å²) in [5, 5.41) is 2.76. The predicted octanol–water partition coefficient (Wildman–Crippen LogP) is 3.71. The maximum Gasteiger partial charge on any atom is 0.257 e. The van der Waals surface area contributed by atoms with Crippen molar-refractivity contribution in [3.8, 4) is 0 Å². The van der Waals surface area contributed by atoms with Crippen LogP contribution >= 0.6 is 0 Å². The first-order valence-corrected chi connectivity index (χ1v) is 7.89. The van der Waals surface area contributed by atoms with Gasteiger partial charge in [0.2, 0.25) is 0 Å². The summed E-state index contributed by atoms with van der Waals surface area (Å²) in [6.07, 6.45) is 5.66. The van der Waals surface area contributed by atoms with Gasteiger partial charge in [0.15, 0.2) is 0 Å². The summed E-state index contributed by atoms with van der Waals surface area (Å²) < 4.78 is 12.9. The SMILES string of the molecule is CC1CCN(c2cncc(C(=O)Nc3ccc(F)cc3)c2)CC1. The molecule has 0 unspecified atom stereocenters. The highest BCUT2D eigenvalue weighted by atomic mass is 19.1. The Hall–Kier alpha value is -2.43. The molecule has 1 saturated heterocycles. The van der Waals surface area contributed by atoms with Crippen molar-refractivity contribution in [2.24, 2.45) is 5.92 Å². The van der Waals surface area contributed by atoms with E-state index in [0.29, 0.717) is 11.3 Å². The third kappa shape index (κ3) is 3.86. The lowest BCUT2D eigenvalue weighted by molar-refractivity contribution is 0.102. The second kappa shape index (κ2) is 6.77. The number of benzene rings is 1. The van der Waals surface area contributed by atoms with Crippen molar-refractivity contribution in [1.82, 2.24) is 4.98 Å². The first kappa shape index (κ1) is 15.5. The number of nitrogens with one attached hydrogen (secondary N) is 1. The number of rotatable bonds is 3. The molecule has 2 heterocycles. The molecular formula is C18H20FN3O. The Morgan fingerprint density at radius 1 is 1.22 bits per heavy atom. The van der Waals surface area contributed by atoms with Gasteiger partial charge in [0, 0.05) is 25.0 Å². The molecule has 1 fully saturated rings. The van der Waals surface area contributed by atoms with Gasteiger partial charge in [-0.3, -0.25) is 9.78 Å². The molecule has 1 aromatic heterocycles. The lowest BCUT2D eigenvalue weighted by atomic mass is 9.99. The molecule has 1 aliphatic heterocycles. The molecule has 4 nitrogen and oxygen atoms in total. The second-order valence-corrected chi connectivity index (χ2v) is 6.06. The molecule has 5 heteroatoms. The fourth-order valence-electron chi connectivity index (χ4n) is 2.73. The predicted molar refractivity (Wildman–Crippen MR) is 89.2 cm³/mol. The molecule has 120 valence electrons. The third-order valence-electron chi connectivity index (χ3n) is 4.24. The van der Waals surface area contributed by atoms with E-state index in [-0.39, 0.29) is 11.7 Å². The Kier molecular flexibility index (Phi) is 4.55. The number of hydrogen-bond acceptors (Lipinski definition) is 3. The van der Waals surface area contributed by atoms with E-state index in [4.69, 9.17) is 0 Å². The highest BCUT2D eigenvalue weighted by Gasteiger charge is 2.17. The Balaban J connectivity index is 1.71. The number of hydrogen-bond donors (Lipinski definition) is 1. The van der Waals surface area contributed by atoms with Crippen LogP contribution in [0.5, 0.6) is 0 Å². The van der Waals surface area contributed by atoms with Crippen LogP contribution in [0.1, 0.15) is 30.1 Å². The molecule has 0 aliphatic carbocycles. The fraction of sp³-hybridized carbons (Fsp3) is 0.333. The smallest absolute Gasteiger partial charge is 0.257 e. The molecule has 3 rings (SSSR count). The number of halogens is 1. The lowest BCUT2D eigenvalue weighted by Gasteiger charge is -2.32. The largest absolute Gasteiger partial charge is 0.370 e. The molecule has 2 aromatic rings. The number of piperidine rings is 1. The lowest BCUT2D eigenvalue weighted by Crippen LogP contribution is -2.33. The van der Waals surface area contributed by atoms with E-state index in [9.17, 15) is 9.18 Å². The number of nitrogens with zero attached hydrogens (tertiary/aromatic N) is 2. The summed E-state index contributed by atoms with van der Waals surface area (Å²) in [7, 11) is 0. The van der Waals surface area contributed by atoms with Crippen molar-refractivity contribution < 1.29 is 9.18 Å². The van der Waals surface area contributed by atoms with Crippen LogP contribution in [0.4, 0.5) is 15.8 Å². The summed E-state index contributed by atoms with van der Waals surface area (Å²) in [6, 6.07) is 7.58.